The van der Waals surface area contributed by atoms with Crippen LogP contribution in [0.3, 0.4) is 0 Å². The van der Waals surface area contributed by atoms with E-state index in [1.54, 1.807) is 0 Å². The fourth-order valence-electron chi connectivity index (χ4n) is 1.63. The summed E-state index contributed by atoms with van der Waals surface area (Å²) in [6, 6.07) is 6.11. The molecule has 0 aromatic heterocycles. The van der Waals surface area contributed by atoms with Crippen molar-refractivity contribution < 1.29 is 4.74 Å². The topological polar surface area (TPSA) is 47.3 Å². The number of hydrogen-bond acceptors (Lipinski definition) is 3. The highest BCUT2D eigenvalue weighted by Crippen LogP contribution is 2.25. The lowest BCUT2D eigenvalue weighted by Crippen LogP contribution is -2.31. The first-order valence-electron chi connectivity index (χ1n) is 6.39. The molecule has 1 rings (SSSR count). The summed E-state index contributed by atoms with van der Waals surface area (Å²) in [5.41, 5.74) is 7.50. The van der Waals surface area contributed by atoms with Crippen LogP contribution in [-0.4, -0.2) is 24.2 Å². The van der Waals surface area contributed by atoms with E-state index >= 15 is 0 Å². The smallest absolute Gasteiger partial charge is 0.104 e. The van der Waals surface area contributed by atoms with Crippen LogP contribution in [0.1, 0.15) is 26.3 Å². The molecule has 0 aliphatic heterocycles. The van der Waals surface area contributed by atoms with Crippen LogP contribution in [-0.2, 0) is 4.74 Å². The van der Waals surface area contributed by atoms with Crippen LogP contribution in [0.5, 0.6) is 0 Å². The van der Waals surface area contributed by atoms with Gasteiger partial charge in [-0.05, 0) is 47.0 Å². The van der Waals surface area contributed by atoms with Crippen LogP contribution in [0.25, 0.3) is 0 Å². The minimum atomic E-state index is 0.270. The van der Waals surface area contributed by atoms with E-state index in [0.717, 1.165) is 22.3 Å². The summed E-state index contributed by atoms with van der Waals surface area (Å²) in [6.07, 6.45) is 0. The number of halogens is 1. The first kappa shape index (κ1) is 16.4. The Morgan fingerprint density at radius 3 is 2.63 bits per heavy atom. The maximum atomic E-state index is 5.62. The maximum Gasteiger partial charge on any atom is 0.104 e. The van der Waals surface area contributed by atoms with Crippen molar-refractivity contribution in [3.05, 3.63) is 28.2 Å². The van der Waals surface area contributed by atoms with Crippen molar-refractivity contribution in [1.29, 1.82) is 0 Å². The molecule has 0 saturated carbocycles. The van der Waals surface area contributed by atoms with Gasteiger partial charge in [-0.3, -0.25) is 0 Å². The van der Waals surface area contributed by atoms with Crippen molar-refractivity contribution in [3.63, 3.8) is 0 Å². The Balaban J connectivity index is 2.81. The van der Waals surface area contributed by atoms with Gasteiger partial charge in [-0.15, -0.1) is 0 Å². The second kappa shape index (κ2) is 7.82. The third-order valence-electron chi connectivity index (χ3n) is 2.90. The summed E-state index contributed by atoms with van der Waals surface area (Å²) in [4.78, 5) is 0.405. The molecule has 1 atom stereocenters. The lowest BCUT2D eigenvalue weighted by atomic mass is 10.0. The molecule has 3 nitrogen and oxygen atoms in total. The molecule has 1 unspecified atom stereocenters. The van der Waals surface area contributed by atoms with E-state index in [9.17, 15) is 0 Å². The number of ether oxygens (including phenoxy) is 1. The van der Waals surface area contributed by atoms with E-state index in [2.05, 4.69) is 35.1 Å². The molecule has 0 aliphatic rings. The zero-order valence-electron chi connectivity index (χ0n) is 11.6. The van der Waals surface area contributed by atoms with Gasteiger partial charge in [0.1, 0.15) is 4.99 Å². The molecule has 19 heavy (non-hydrogen) atoms. The predicted molar refractivity (Wildman–Crippen MR) is 88.8 cm³/mol. The second-order valence-corrected chi connectivity index (χ2v) is 6.01. The number of rotatable bonds is 7. The molecule has 3 N–H and O–H groups in total. The number of nitrogens with two attached hydrogens (primary N) is 1. The van der Waals surface area contributed by atoms with Crippen LogP contribution >= 0.6 is 28.1 Å². The largest absolute Gasteiger partial charge is 0.389 e. The van der Waals surface area contributed by atoms with Gasteiger partial charge >= 0.3 is 0 Å². The number of nitrogens with one attached hydrogen (secondary N) is 1. The fraction of sp³-hybridized carbons (Fsp3) is 0.500. The minimum Gasteiger partial charge on any atom is -0.389 e. The summed E-state index contributed by atoms with van der Waals surface area (Å²) < 4.78 is 6.47. The van der Waals surface area contributed by atoms with E-state index in [1.165, 1.54) is 0 Å². The highest BCUT2D eigenvalue weighted by atomic mass is 79.9. The number of thiocarbonyl (C=S) groups is 1. The van der Waals surface area contributed by atoms with Crippen molar-refractivity contribution in [2.75, 3.05) is 18.5 Å². The SMILES string of the molecule is CCOCC(Nc1ccc(C(N)=S)cc1Br)C(C)C. The van der Waals surface area contributed by atoms with E-state index in [0.29, 0.717) is 17.5 Å². The Morgan fingerprint density at radius 2 is 2.16 bits per heavy atom. The Kier molecular flexibility index (Phi) is 6.75. The molecular formula is C14H21BrN2OS. The highest BCUT2D eigenvalue weighted by Gasteiger charge is 2.14. The first-order chi connectivity index (χ1) is 8.95. The van der Waals surface area contributed by atoms with E-state index in [-0.39, 0.29) is 6.04 Å². The van der Waals surface area contributed by atoms with Crippen LogP contribution < -0.4 is 11.1 Å². The lowest BCUT2D eigenvalue weighted by molar-refractivity contribution is 0.127. The average Bonchev–Trinajstić information content (AvgIpc) is 2.35. The van der Waals surface area contributed by atoms with Gasteiger partial charge in [0.05, 0.1) is 12.6 Å². The summed E-state index contributed by atoms with van der Waals surface area (Å²) in [5.74, 6) is 0.480. The standard InChI is InChI=1S/C14H21BrN2OS/c1-4-18-8-13(9(2)3)17-12-6-5-10(14(16)19)7-11(12)15/h5-7,9,13,17H,4,8H2,1-3H3,(H2,16,19). The van der Waals surface area contributed by atoms with Gasteiger partial charge < -0.3 is 15.8 Å². The molecule has 106 valence electrons. The molecule has 0 bridgehead atoms. The Hall–Kier alpha value is -0.650. The monoisotopic (exact) mass is 344 g/mol. The molecule has 0 aliphatic carbocycles. The summed E-state index contributed by atoms with van der Waals surface area (Å²) in [5, 5.41) is 3.49. The van der Waals surface area contributed by atoms with Gasteiger partial charge in [0, 0.05) is 22.3 Å². The van der Waals surface area contributed by atoms with Crippen LogP contribution in [0.2, 0.25) is 0 Å². The number of hydrogen-bond donors (Lipinski definition) is 2. The normalized spacial score (nSPS) is 12.5. The van der Waals surface area contributed by atoms with E-state index in [1.807, 2.05) is 25.1 Å². The Morgan fingerprint density at radius 1 is 1.47 bits per heavy atom. The number of anilines is 1. The van der Waals surface area contributed by atoms with Crippen molar-refractivity contribution in [2.24, 2.45) is 11.7 Å². The van der Waals surface area contributed by atoms with Gasteiger partial charge in [-0.2, -0.15) is 0 Å². The Labute approximate surface area is 129 Å². The highest BCUT2D eigenvalue weighted by molar-refractivity contribution is 9.10. The molecule has 0 spiro atoms. The maximum absolute atomic E-state index is 5.62. The van der Waals surface area contributed by atoms with Gasteiger partial charge in [-0.25, -0.2) is 0 Å². The van der Waals surface area contributed by atoms with Crippen LogP contribution in [0, 0.1) is 5.92 Å². The molecule has 0 saturated heterocycles. The van der Waals surface area contributed by atoms with Crippen molar-refractivity contribution in [2.45, 2.75) is 26.8 Å². The molecule has 0 radical (unpaired) electrons. The number of benzene rings is 1. The molecular weight excluding hydrogens is 324 g/mol. The summed E-state index contributed by atoms with van der Waals surface area (Å²) in [7, 11) is 0. The summed E-state index contributed by atoms with van der Waals surface area (Å²) >= 11 is 8.51. The predicted octanol–water partition coefficient (Wildman–Crippen LogP) is 3.56. The zero-order chi connectivity index (χ0) is 14.4. The molecule has 5 heteroatoms. The Bertz CT molecular complexity index is 437. The zero-order valence-corrected chi connectivity index (χ0v) is 14.0. The van der Waals surface area contributed by atoms with E-state index < -0.39 is 0 Å². The molecule has 1 aromatic rings. The average molecular weight is 345 g/mol. The fourth-order valence-corrected chi connectivity index (χ4v) is 2.25. The van der Waals surface area contributed by atoms with Gasteiger partial charge in [0.15, 0.2) is 0 Å². The van der Waals surface area contributed by atoms with Crippen molar-refractivity contribution in [1.82, 2.24) is 0 Å². The van der Waals surface area contributed by atoms with Gasteiger partial charge in [0.2, 0.25) is 0 Å². The third kappa shape index (κ3) is 5.09. The van der Waals surface area contributed by atoms with Crippen LogP contribution in [0.4, 0.5) is 5.69 Å². The molecule has 0 fully saturated rings. The van der Waals surface area contributed by atoms with Crippen molar-refractivity contribution in [3.8, 4) is 0 Å². The molecule has 0 amide bonds. The molecule has 0 heterocycles. The van der Waals surface area contributed by atoms with Gasteiger partial charge in [-0.1, -0.05) is 26.1 Å². The third-order valence-corrected chi connectivity index (χ3v) is 3.79. The van der Waals surface area contributed by atoms with Crippen LogP contribution in [0.15, 0.2) is 22.7 Å². The quantitative estimate of drug-likeness (QED) is 0.742. The molecule has 1 aromatic carbocycles. The summed E-state index contributed by atoms with van der Waals surface area (Å²) in [6.45, 7) is 7.77. The lowest BCUT2D eigenvalue weighted by Gasteiger charge is -2.24. The van der Waals surface area contributed by atoms with Gasteiger partial charge in [0.25, 0.3) is 0 Å². The minimum absolute atomic E-state index is 0.270. The van der Waals surface area contributed by atoms with E-state index in [4.69, 9.17) is 22.7 Å². The van der Waals surface area contributed by atoms with Crippen molar-refractivity contribution >= 4 is 38.8 Å². The first-order valence-corrected chi connectivity index (χ1v) is 7.59. The second-order valence-electron chi connectivity index (χ2n) is 4.71.